The van der Waals surface area contributed by atoms with E-state index in [1.807, 2.05) is 18.2 Å². The molecule has 0 radical (unpaired) electrons. The van der Waals surface area contributed by atoms with Crippen LogP contribution in [0.15, 0.2) is 64.5 Å². The topological polar surface area (TPSA) is 61.8 Å². The molecule has 1 atom stereocenters. The molecule has 1 unspecified atom stereocenters. The summed E-state index contributed by atoms with van der Waals surface area (Å²) in [7, 11) is -1.36. The van der Waals surface area contributed by atoms with Gasteiger partial charge in [-0.25, -0.2) is 8.42 Å². The second-order valence-electron chi connectivity index (χ2n) is 6.66. The second kappa shape index (κ2) is 9.54. The molecule has 2 aromatic rings. The minimum Gasteiger partial charge on any atom is -0.352 e. The van der Waals surface area contributed by atoms with Crippen molar-refractivity contribution in [3.63, 3.8) is 0 Å². The van der Waals surface area contributed by atoms with Gasteiger partial charge in [0.05, 0.1) is 4.90 Å². The van der Waals surface area contributed by atoms with E-state index in [9.17, 15) is 8.42 Å². The van der Waals surface area contributed by atoms with Crippen molar-refractivity contribution in [3.8, 4) is 0 Å². The number of sulfone groups is 1. The Morgan fingerprint density at radius 3 is 2.41 bits per heavy atom. The van der Waals surface area contributed by atoms with Crippen LogP contribution < -0.4 is 5.32 Å². The van der Waals surface area contributed by atoms with Crippen LogP contribution in [0.2, 0.25) is 0 Å². The van der Waals surface area contributed by atoms with E-state index >= 15 is 0 Å². The maximum atomic E-state index is 11.5. The van der Waals surface area contributed by atoms with Gasteiger partial charge in [-0.2, -0.15) is 0 Å². The van der Waals surface area contributed by atoms with Gasteiger partial charge in [-0.15, -0.1) is 24.0 Å². The van der Waals surface area contributed by atoms with E-state index in [1.165, 1.54) is 11.8 Å². The number of nitrogens with zero attached hydrogens (tertiary/aromatic N) is 2. The lowest BCUT2D eigenvalue weighted by Gasteiger charge is -2.22. The fraction of sp³-hybridized carbons (Fsp3) is 0.350. The average molecular weight is 499 g/mol. The quantitative estimate of drug-likeness (QED) is 0.399. The Kier molecular flexibility index (Phi) is 7.67. The Morgan fingerprint density at radius 1 is 1.15 bits per heavy atom. The molecule has 2 aromatic carbocycles. The molecule has 1 N–H and O–H groups in total. The lowest BCUT2D eigenvalue weighted by Crippen LogP contribution is -2.39. The van der Waals surface area contributed by atoms with Gasteiger partial charge in [-0.3, -0.25) is 4.99 Å². The third-order valence-electron chi connectivity index (χ3n) is 4.77. The Hall–Kier alpha value is -1.61. The highest BCUT2D eigenvalue weighted by atomic mass is 127. The van der Waals surface area contributed by atoms with Crippen molar-refractivity contribution in [1.29, 1.82) is 0 Å². The van der Waals surface area contributed by atoms with E-state index in [0.717, 1.165) is 31.0 Å². The summed E-state index contributed by atoms with van der Waals surface area (Å²) in [5, 5.41) is 3.38. The van der Waals surface area contributed by atoms with E-state index in [0.29, 0.717) is 17.4 Å². The van der Waals surface area contributed by atoms with Crippen molar-refractivity contribution >= 4 is 39.8 Å². The Bertz CT molecular complexity index is 868. The lowest BCUT2D eigenvalue weighted by molar-refractivity contribution is 0.486. The molecule has 0 saturated carbocycles. The van der Waals surface area contributed by atoms with Gasteiger partial charge < -0.3 is 10.2 Å². The maximum absolute atomic E-state index is 11.5. The second-order valence-corrected chi connectivity index (χ2v) is 8.67. The molecule has 1 aliphatic heterocycles. The first-order valence-electron chi connectivity index (χ1n) is 8.77. The number of halogens is 1. The highest BCUT2D eigenvalue weighted by Gasteiger charge is 2.25. The first kappa shape index (κ1) is 21.7. The zero-order chi connectivity index (χ0) is 18.6. The van der Waals surface area contributed by atoms with Crippen molar-refractivity contribution in [2.45, 2.75) is 23.8 Å². The van der Waals surface area contributed by atoms with Gasteiger partial charge in [-0.05, 0) is 29.7 Å². The molecule has 1 fully saturated rings. The van der Waals surface area contributed by atoms with Gasteiger partial charge in [-0.1, -0.05) is 42.5 Å². The number of guanidine groups is 1. The maximum Gasteiger partial charge on any atom is 0.193 e. The van der Waals surface area contributed by atoms with Crippen molar-refractivity contribution in [2.24, 2.45) is 4.99 Å². The van der Waals surface area contributed by atoms with Crippen LogP contribution in [-0.4, -0.2) is 45.7 Å². The standard InChI is InChI=1S/C20H25N3O2S.HI/c1-21-20(22-14-16-8-10-19(11-9-16)26(2,24)25)23-13-12-18(15-23)17-6-4-3-5-7-17;/h3-11,18H,12-15H2,1-2H3,(H,21,22);1H. The highest BCUT2D eigenvalue weighted by molar-refractivity contribution is 14.0. The summed E-state index contributed by atoms with van der Waals surface area (Å²) in [4.78, 5) is 7.03. The van der Waals surface area contributed by atoms with E-state index in [2.05, 4.69) is 39.5 Å². The molecule has 27 heavy (non-hydrogen) atoms. The number of rotatable bonds is 4. The highest BCUT2D eigenvalue weighted by Crippen LogP contribution is 2.26. The summed E-state index contributed by atoms with van der Waals surface area (Å²) in [6.07, 6.45) is 2.34. The molecule has 3 rings (SSSR count). The van der Waals surface area contributed by atoms with Crippen LogP contribution >= 0.6 is 24.0 Å². The molecule has 1 heterocycles. The van der Waals surface area contributed by atoms with Crippen molar-refractivity contribution in [3.05, 3.63) is 65.7 Å². The van der Waals surface area contributed by atoms with E-state index in [-0.39, 0.29) is 24.0 Å². The predicted octanol–water partition coefficient (Wildman–Crippen LogP) is 3.27. The lowest BCUT2D eigenvalue weighted by atomic mass is 9.99. The minimum absolute atomic E-state index is 0. The number of likely N-dealkylation sites (tertiary alicyclic amines) is 1. The van der Waals surface area contributed by atoms with Gasteiger partial charge in [0.15, 0.2) is 15.8 Å². The summed E-state index contributed by atoms with van der Waals surface area (Å²) >= 11 is 0. The SMILES string of the molecule is CN=C(NCc1ccc(S(C)(=O)=O)cc1)N1CCC(c2ccccc2)C1.I. The zero-order valence-corrected chi connectivity index (χ0v) is 18.8. The Morgan fingerprint density at radius 2 is 1.81 bits per heavy atom. The van der Waals surface area contributed by atoms with Crippen LogP contribution in [-0.2, 0) is 16.4 Å². The molecule has 0 aliphatic carbocycles. The first-order valence-corrected chi connectivity index (χ1v) is 10.7. The van der Waals surface area contributed by atoms with E-state index < -0.39 is 9.84 Å². The third-order valence-corrected chi connectivity index (χ3v) is 5.90. The fourth-order valence-electron chi connectivity index (χ4n) is 3.32. The number of benzene rings is 2. The Balaban J connectivity index is 0.00000261. The molecule has 0 bridgehead atoms. The van der Waals surface area contributed by atoms with Gasteiger partial charge in [0.2, 0.25) is 0 Å². The summed E-state index contributed by atoms with van der Waals surface area (Å²) in [6, 6.07) is 17.6. The van der Waals surface area contributed by atoms with Gasteiger partial charge in [0, 0.05) is 38.9 Å². The smallest absolute Gasteiger partial charge is 0.193 e. The summed E-state index contributed by atoms with van der Waals surface area (Å²) < 4.78 is 23.1. The number of hydrogen-bond donors (Lipinski definition) is 1. The average Bonchev–Trinajstić information content (AvgIpc) is 3.13. The normalized spacial score (nSPS) is 17.5. The van der Waals surface area contributed by atoms with Gasteiger partial charge in [0.25, 0.3) is 0 Å². The van der Waals surface area contributed by atoms with Crippen LogP contribution in [0.1, 0.15) is 23.5 Å². The summed E-state index contributed by atoms with van der Waals surface area (Å²) in [6.45, 7) is 2.55. The molecule has 5 nitrogen and oxygen atoms in total. The largest absolute Gasteiger partial charge is 0.352 e. The van der Waals surface area contributed by atoms with E-state index in [1.54, 1.807) is 19.2 Å². The third kappa shape index (κ3) is 5.68. The number of nitrogens with one attached hydrogen (secondary N) is 1. The molecule has 146 valence electrons. The number of hydrogen-bond acceptors (Lipinski definition) is 3. The van der Waals surface area contributed by atoms with Crippen molar-refractivity contribution in [2.75, 3.05) is 26.4 Å². The van der Waals surface area contributed by atoms with Gasteiger partial charge >= 0.3 is 0 Å². The Labute approximate surface area is 178 Å². The molecule has 0 aromatic heterocycles. The predicted molar refractivity (Wildman–Crippen MR) is 121 cm³/mol. The minimum atomic E-state index is -3.15. The summed E-state index contributed by atoms with van der Waals surface area (Å²) in [5.74, 6) is 1.42. The van der Waals surface area contributed by atoms with Crippen LogP contribution in [0, 0.1) is 0 Å². The molecule has 1 aliphatic rings. The first-order chi connectivity index (χ1) is 12.5. The van der Waals surface area contributed by atoms with Crippen LogP contribution in [0.25, 0.3) is 0 Å². The molecule has 1 saturated heterocycles. The molecule has 0 amide bonds. The van der Waals surface area contributed by atoms with Gasteiger partial charge in [0.1, 0.15) is 0 Å². The monoisotopic (exact) mass is 499 g/mol. The summed E-state index contributed by atoms with van der Waals surface area (Å²) in [5.41, 5.74) is 2.40. The number of aliphatic imine (C=N–C) groups is 1. The zero-order valence-electron chi connectivity index (χ0n) is 15.6. The molecule has 0 spiro atoms. The van der Waals surface area contributed by atoms with E-state index in [4.69, 9.17) is 0 Å². The van der Waals surface area contributed by atoms with Crippen LogP contribution in [0.4, 0.5) is 0 Å². The molecular weight excluding hydrogens is 473 g/mol. The fourth-order valence-corrected chi connectivity index (χ4v) is 3.95. The van der Waals surface area contributed by atoms with Crippen LogP contribution in [0.5, 0.6) is 0 Å². The molecular formula is C20H26IN3O2S. The van der Waals surface area contributed by atoms with Crippen molar-refractivity contribution in [1.82, 2.24) is 10.2 Å². The van der Waals surface area contributed by atoms with Crippen molar-refractivity contribution < 1.29 is 8.42 Å². The molecule has 7 heteroatoms. The van der Waals surface area contributed by atoms with Crippen LogP contribution in [0.3, 0.4) is 0 Å².